The summed E-state index contributed by atoms with van der Waals surface area (Å²) in [6.45, 7) is 3.72. The Morgan fingerprint density at radius 1 is 1.33 bits per heavy atom. The van der Waals surface area contributed by atoms with Crippen LogP contribution in [0.15, 0.2) is 12.3 Å². The predicted octanol–water partition coefficient (Wildman–Crippen LogP) is 2.14. The predicted molar refractivity (Wildman–Crippen MR) is 87.9 cm³/mol. The van der Waals surface area contributed by atoms with Crippen LogP contribution in [0.2, 0.25) is 0 Å². The number of aromatic nitrogens is 2. The van der Waals surface area contributed by atoms with E-state index < -0.39 is 29.1 Å². The number of hydrogen-bond donors (Lipinski definition) is 2. The molecule has 0 atom stereocenters. The van der Waals surface area contributed by atoms with Crippen LogP contribution in [0.5, 0.6) is 0 Å². The number of hydrazine groups is 1. The number of nitrogens with zero attached hydrogens (tertiary/aromatic N) is 4. The highest BCUT2D eigenvalue weighted by Gasteiger charge is 2.47. The van der Waals surface area contributed by atoms with E-state index in [0.717, 1.165) is 6.20 Å². The number of nitrogens with two attached hydrogens (primary N) is 1. The molecule has 0 saturated heterocycles. The first-order valence-corrected chi connectivity index (χ1v) is 8.31. The molecule has 8 nitrogen and oxygen atoms in total. The number of alkyl halides is 3. The zero-order valence-electron chi connectivity index (χ0n) is 15.0. The number of halogens is 3. The summed E-state index contributed by atoms with van der Waals surface area (Å²) in [5.74, 6) is 4.40. The average Bonchev–Trinajstić information content (AvgIpc) is 2.61. The minimum Gasteiger partial charge on any atom is -0.286 e. The maximum atomic E-state index is 13.0. The molecular weight excluding hydrogens is 367 g/mol. The Morgan fingerprint density at radius 3 is 2.44 bits per heavy atom. The Labute approximate surface area is 154 Å². The lowest BCUT2D eigenvalue weighted by Gasteiger charge is -2.44. The summed E-state index contributed by atoms with van der Waals surface area (Å²) >= 11 is 0. The van der Waals surface area contributed by atoms with E-state index in [1.54, 1.807) is 0 Å². The molecule has 27 heavy (non-hydrogen) atoms. The van der Waals surface area contributed by atoms with Gasteiger partial charge in [-0.3, -0.25) is 14.8 Å². The highest BCUT2D eigenvalue weighted by molar-refractivity contribution is 5.95. The van der Waals surface area contributed by atoms with E-state index in [4.69, 9.17) is 5.84 Å². The number of carbonyl (C=O) groups is 2. The molecule has 1 aromatic rings. The van der Waals surface area contributed by atoms with Crippen molar-refractivity contribution in [2.24, 2.45) is 16.7 Å². The topological polar surface area (TPSA) is 113 Å². The molecule has 0 aliphatic heterocycles. The SMILES string of the molecule is CC1(C)CCC(CN(O)C=O)(C(=O)N(N)c2nccc(C(F)(F)F)n2)CC1. The molecule has 2 rings (SSSR count). The summed E-state index contributed by atoms with van der Waals surface area (Å²) in [7, 11) is 0. The van der Waals surface area contributed by atoms with Crippen LogP contribution in [-0.2, 0) is 15.8 Å². The van der Waals surface area contributed by atoms with Gasteiger partial charge in [0.2, 0.25) is 12.4 Å². The van der Waals surface area contributed by atoms with Gasteiger partial charge in [-0.1, -0.05) is 13.8 Å². The van der Waals surface area contributed by atoms with E-state index in [1.807, 2.05) is 13.8 Å². The Balaban J connectivity index is 2.33. The van der Waals surface area contributed by atoms with Gasteiger partial charge in [0.1, 0.15) is 5.69 Å². The Morgan fingerprint density at radius 2 is 1.93 bits per heavy atom. The van der Waals surface area contributed by atoms with Crippen molar-refractivity contribution in [3.8, 4) is 0 Å². The van der Waals surface area contributed by atoms with Crippen molar-refractivity contribution in [3.05, 3.63) is 18.0 Å². The van der Waals surface area contributed by atoms with Crippen molar-refractivity contribution >= 4 is 18.3 Å². The number of anilines is 1. The molecule has 11 heteroatoms. The molecule has 150 valence electrons. The normalized spacial score (nSPS) is 18.6. The van der Waals surface area contributed by atoms with Crippen LogP contribution < -0.4 is 10.9 Å². The van der Waals surface area contributed by atoms with E-state index >= 15 is 0 Å². The largest absolute Gasteiger partial charge is 0.433 e. The van der Waals surface area contributed by atoms with Crippen molar-refractivity contribution in [2.45, 2.75) is 45.7 Å². The lowest BCUT2D eigenvalue weighted by Crippen LogP contribution is -2.54. The number of amides is 2. The highest BCUT2D eigenvalue weighted by atomic mass is 19.4. The Hall–Kier alpha value is -2.27. The summed E-state index contributed by atoms with van der Waals surface area (Å²) in [5.41, 5.74) is -2.51. The van der Waals surface area contributed by atoms with Crippen molar-refractivity contribution in [1.82, 2.24) is 15.0 Å². The minimum atomic E-state index is -4.71. The third-order valence-electron chi connectivity index (χ3n) is 4.97. The second kappa shape index (κ2) is 7.39. The van der Waals surface area contributed by atoms with Gasteiger partial charge in [0.25, 0.3) is 5.91 Å². The summed E-state index contributed by atoms with van der Waals surface area (Å²) < 4.78 is 38.6. The van der Waals surface area contributed by atoms with Gasteiger partial charge in [0.15, 0.2) is 0 Å². The van der Waals surface area contributed by atoms with Crippen molar-refractivity contribution in [3.63, 3.8) is 0 Å². The summed E-state index contributed by atoms with van der Waals surface area (Å²) in [6.07, 6.45) is -1.86. The summed E-state index contributed by atoms with van der Waals surface area (Å²) in [4.78, 5) is 30.8. The van der Waals surface area contributed by atoms with E-state index in [2.05, 4.69) is 9.97 Å². The molecule has 0 aromatic carbocycles. The zero-order chi connectivity index (χ0) is 20.5. The van der Waals surface area contributed by atoms with Crippen LogP contribution in [-0.4, -0.2) is 39.1 Å². The molecule has 1 fully saturated rings. The van der Waals surface area contributed by atoms with Crippen LogP contribution >= 0.6 is 0 Å². The quantitative estimate of drug-likeness (QED) is 0.262. The molecule has 1 aliphatic carbocycles. The number of carbonyl (C=O) groups excluding carboxylic acids is 2. The molecule has 1 aromatic heterocycles. The first-order valence-electron chi connectivity index (χ1n) is 8.31. The minimum absolute atomic E-state index is 0.0443. The van der Waals surface area contributed by atoms with Gasteiger partial charge < -0.3 is 0 Å². The van der Waals surface area contributed by atoms with Gasteiger partial charge in [0.05, 0.1) is 12.0 Å². The molecule has 1 aliphatic rings. The fourth-order valence-corrected chi connectivity index (χ4v) is 3.16. The lowest BCUT2D eigenvalue weighted by molar-refractivity contribution is -0.163. The fraction of sp³-hybridized carbons (Fsp3) is 0.625. The molecule has 0 spiro atoms. The van der Waals surface area contributed by atoms with Crippen molar-refractivity contribution in [2.75, 3.05) is 11.6 Å². The Kier molecular flexibility index (Phi) is 5.76. The van der Waals surface area contributed by atoms with Gasteiger partial charge in [0, 0.05) is 6.20 Å². The molecule has 1 saturated carbocycles. The van der Waals surface area contributed by atoms with Crippen LogP contribution in [0.4, 0.5) is 19.1 Å². The first kappa shape index (κ1) is 21.0. The van der Waals surface area contributed by atoms with Crippen molar-refractivity contribution < 1.29 is 28.0 Å². The molecule has 0 unspecified atom stereocenters. The average molecular weight is 389 g/mol. The second-order valence-electron chi connectivity index (χ2n) is 7.56. The number of hydrogen-bond acceptors (Lipinski definition) is 6. The molecule has 0 bridgehead atoms. The number of rotatable bonds is 5. The van der Waals surface area contributed by atoms with E-state index in [1.165, 1.54) is 0 Å². The monoisotopic (exact) mass is 389 g/mol. The van der Waals surface area contributed by atoms with Crippen LogP contribution in [0.3, 0.4) is 0 Å². The van der Waals surface area contributed by atoms with Crippen molar-refractivity contribution in [1.29, 1.82) is 0 Å². The van der Waals surface area contributed by atoms with Gasteiger partial charge >= 0.3 is 6.18 Å². The van der Waals surface area contributed by atoms with Crippen LogP contribution in [0.25, 0.3) is 0 Å². The third kappa shape index (κ3) is 4.72. The smallest absolute Gasteiger partial charge is 0.286 e. The summed E-state index contributed by atoms with van der Waals surface area (Å²) in [5, 5.41) is 10.4. The molecule has 1 heterocycles. The van der Waals surface area contributed by atoms with Gasteiger partial charge in [-0.2, -0.15) is 13.2 Å². The Bertz CT molecular complexity index is 701. The van der Waals surface area contributed by atoms with Gasteiger partial charge in [-0.05, 0) is 37.2 Å². The lowest BCUT2D eigenvalue weighted by atomic mass is 9.64. The van der Waals surface area contributed by atoms with E-state index in [0.29, 0.717) is 41.8 Å². The molecule has 2 amide bonds. The third-order valence-corrected chi connectivity index (χ3v) is 4.97. The van der Waals surface area contributed by atoms with Gasteiger partial charge in [-0.15, -0.1) is 0 Å². The summed E-state index contributed by atoms with van der Waals surface area (Å²) in [6, 6.07) is 0.669. The van der Waals surface area contributed by atoms with E-state index in [-0.39, 0.29) is 18.4 Å². The molecular formula is C16H22F3N5O3. The second-order valence-corrected chi connectivity index (χ2v) is 7.56. The number of hydroxylamine groups is 2. The maximum absolute atomic E-state index is 13.0. The highest BCUT2D eigenvalue weighted by Crippen LogP contribution is 2.46. The zero-order valence-corrected chi connectivity index (χ0v) is 15.0. The first-order chi connectivity index (χ1) is 12.4. The van der Waals surface area contributed by atoms with Gasteiger partial charge in [-0.25, -0.2) is 25.9 Å². The molecule has 3 N–H and O–H groups in total. The van der Waals surface area contributed by atoms with Crippen LogP contribution in [0.1, 0.15) is 45.2 Å². The molecule has 0 radical (unpaired) electrons. The van der Waals surface area contributed by atoms with Crippen LogP contribution in [0, 0.1) is 10.8 Å². The standard InChI is InChI=1S/C16H22F3N5O3/c1-14(2)4-6-15(7-5-14,9-23(27)10-25)12(26)24(20)13-21-8-3-11(22-13)16(17,18)19/h3,8,10,27H,4-7,9,20H2,1-2H3. The maximum Gasteiger partial charge on any atom is 0.433 e. The fourth-order valence-electron chi connectivity index (χ4n) is 3.16. The van der Waals surface area contributed by atoms with E-state index in [9.17, 15) is 28.0 Å².